The third-order valence-electron chi connectivity index (χ3n) is 6.00. The fourth-order valence-corrected chi connectivity index (χ4v) is 5.05. The van der Waals surface area contributed by atoms with E-state index in [0.717, 1.165) is 21.7 Å². The normalized spacial score (nSPS) is 18.8. The molecule has 2 amide bonds. The number of hydrogen-bond donors (Lipinski definition) is 2. The predicted molar refractivity (Wildman–Crippen MR) is 128 cm³/mol. The standard InChI is InChI=1S/C24H28N6O3S/c1-14(2)20(22-25-8-9-28-29-22)24(33)30-12-18(31)10-19(30)23(32)26-11-16-4-6-17(7-5-16)21-15(3)27-13-34-21/h4-9,13-14,18-20,31H,10-12H2,1-3H3,(H,26,32)/t18-,19+,20-/m1/s1. The van der Waals surface area contributed by atoms with Crippen LogP contribution in [0, 0.1) is 12.8 Å². The van der Waals surface area contributed by atoms with E-state index in [1.54, 1.807) is 11.3 Å². The minimum atomic E-state index is -0.760. The van der Waals surface area contributed by atoms with Crippen molar-refractivity contribution < 1.29 is 14.7 Å². The first-order chi connectivity index (χ1) is 16.3. The van der Waals surface area contributed by atoms with Crippen LogP contribution in [0.15, 0.2) is 42.2 Å². The highest BCUT2D eigenvalue weighted by Crippen LogP contribution is 2.29. The van der Waals surface area contributed by atoms with Crippen LogP contribution >= 0.6 is 11.3 Å². The van der Waals surface area contributed by atoms with Crippen LogP contribution in [0.25, 0.3) is 10.4 Å². The molecule has 178 valence electrons. The molecule has 1 saturated heterocycles. The van der Waals surface area contributed by atoms with Crippen LogP contribution in [0.2, 0.25) is 0 Å². The van der Waals surface area contributed by atoms with Gasteiger partial charge in [0.1, 0.15) is 12.0 Å². The molecule has 34 heavy (non-hydrogen) atoms. The van der Waals surface area contributed by atoms with Gasteiger partial charge in [-0.05, 0) is 24.0 Å². The lowest BCUT2D eigenvalue weighted by atomic mass is 9.93. The van der Waals surface area contributed by atoms with E-state index in [1.165, 1.54) is 17.3 Å². The summed E-state index contributed by atoms with van der Waals surface area (Å²) in [5.74, 6) is -0.985. The first-order valence-electron chi connectivity index (χ1n) is 11.2. The zero-order valence-electron chi connectivity index (χ0n) is 19.4. The van der Waals surface area contributed by atoms with Crippen molar-refractivity contribution in [3.63, 3.8) is 0 Å². The maximum Gasteiger partial charge on any atom is 0.243 e. The minimum absolute atomic E-state index is 0.0983. The van der Waals surface area contributed by atoms with E-state index in [2.05, 4.69) is 25.5 Å². The van der Waals surface area contributed by atoms with Gasteiger partial charge in [-0.2, -0.15) is 5.10 Å². The van der Waals surface area contributed by atoms with Gasteiger partial charge in [-0.3, -0.25) is 9.59 Å². The smallest absolute Gasteiger partial charge is 0.243 e. The molecular weight excluding hydrogens is 452 g/mol. The summed E-state index contributed by atoms with van der Waals surface area (Å²) in [4.78, 5) is 37.5. The van der Waals surface area contributed by atoms with Crippen LogP contribution < -0.4 is 5.32 Å². The summed E-state index contributed by atoms with van der Waals surface area (Å²) in [6.07, 6.45) is 2.38. The van der Waals surface area contributed by atoms with E-state index in [1.807, 2.05) is 50.5 Å². The molecule has 3 heterocycles. The molecule has 0 aliphatic carbocycles. The second-order valence-corrected chi connectivity index (χ2v) is 9.65. The zero-order chi connectivity index (χ0) is 24.2. The number of carbonyl (C=O) groups is 2. The first-order valence-corrected chi connectivity index (χ1v) is 12.1. The van der Waals surface area contributed by atoms with Gasteiger partial charge in [0.25, 0.3) is 0 Å². The Morgan fingerprint density at radius 1 is 1.21 bits per heavy atom. The summed E-state index contributed by atoms with van der Waals surface area (Å²) >= 11 is 1.59. The molecule has 3 aromatic rings. The van der Waals surface area contributed by atoms with Gasteiger partial charge in [-0.15, -0.1) is 16.4 Å². The van der Waals surface area contributed by atoms with Crippen molar-refractivity contribution >= 4 is 23.2 Å². The van der Waals surface area contributed by atoms with E-state index >= 15 is 0 Å². The Bertz CT molecular complexity index is 1140. The molecule has 0 radical (unpaired) electrons. The molecule has 0 unspecified atom stereocenters. The summed E-state index contributed by atoms with van der Waals surface area (Å²) in [6.45, 7) is 6.21. The SMILES string of the molecule is Cc1ncsc1-c1ccc(CNC(=O)[C@@H]2C[C@@H](O)CN2C(=O)[C@@H](c2nccnn2)C(C)C)cc1. The predicted octanol–water partition coefficient (Wildman–Crippen LogP) is 2.32. The fraction of sp³-hybridized carbons (Fsp3) is 0.417. The van der Waals surface area contributed by atoms with Crippen LogP contribution in [-0.4, -0.2) is 60.7 Å². The lowest BCUT2D eigenvalue weighted by Gasteiger charge is -2.29. The summed E-state index contributed by atoms with van der Waals surface area (Å²) < 4.78 is 0. The van der Waals surface area contributed by atoms with Crippen LogP contribution in [0.4, 0.5) is 0 Å². The number of amides is 2. The molecule has 0 spiro atoms. The summed E-state index contributed by atoms with van der Waals surface area (Å²) in [7, 11) is 0. The second kappa shape index (κ2) is 10.4. The molecule has 1 aliphatic rings. The molecule has 1 fully saturated rings. The largest absolute Gasteiger partial charge is 0.391 e. The first kappa shape index (κ1) is 23.9. The Kier molecular flexibility index (Phi) is 7.28. The molecule has 2 aromatic heterocycles. The van der Waals surface area contributed by atoms with E-state index in [0.29, 0.717) is 12.4 Å². The molecule has 0 bridgehead atoms. The average Bonchev–Trinajstić information content (AvgIpc) is 3.44. The number of benzene rings is 1. The molecule has 9 nitrogen and oxygen atoms in total. The molecule has 2 N–H and O–H groups in total. The fourth-order valence-electron chi connectivity index (χ4n) is 4.24. The Balaban J connectivity index is 1.43. The van der Waals surface area contributed by atoms with Crippen LogP contribution in [0.1, 0.15) is 43.3 Å². The van der Waals surface area contributed by atoms with Crippen molar-refractivity contribution in [1.29, 1.82) is 0 Å². The van der Waals surface area contributed by atoms with Gasteiger partial charge in [-0.1, -0.05) is 38.1 Å². The Morgan fingerprint density at radius 3 is 2.59 bits per heavy atom. The van der Waals surface area contributed by atoms with Crippen molar-refractivity contribution in [3.8, 4) is 10.4 Å². The Labute approximate surface area is 202 Å². The Morgan fingerprint density at radius 2 is 1.97 bits per heavy atom. The number of carbonyl (C=O) groups excluding carboxylic acids is 2. The van der Waals surface area contributed by atoms with Gasteiger partial charge in [0.15, 0.2) is 5.82 Å². The van der Waals surface area contributed by atoms with Crippen molar-refractivity contribution in [2.24, 2.45) is 5.92 Å². The molecule has 1 aliphatic heterocycles. The third kappa shape index (κ3) is 5.13. The minimum Gasteiger partial charge on any atom is -0.391 e. The molecular formula is C24H28N6O3S. The number of aryl methyl sites for hydroxylation is 1. The zero-order valence-corrected chi connectivity index (χ0v) is 20.2. The maximum atomic E-state index is 13.4. The summed E-state index contributed by atoms with van der Waals surface area (Å²) in [5.41, 5.74) is 4.85. The molecule has 4 rings (SSSR count). The molecule has 3 atom stereocenters. The van der Waals surface area contributed by atoms with E-state index < -0.39 is 18.1 Å². The quantitative estimate of drug-likeness (QED) is 0.532. The van der Waals surface area contributed by atoms with Gasteiger partial charge < -0.3 is 15.3 Å². The highest BCUT2D eigenvalue weighted by molar-refractivity contribution is 7.13. The number of likely N-dealkylation sites (tertiary alicyclic amines) is 1. The Hall–Kier alpha value is -3.24. The number of thiazole rings is 1. The van der Waals surface area contributed by atoms with Crippen LogP contribution in [0.5, 0.6) is 0 Å². The highest BCUT2D eigenvalue weighted by atomic mass is 32.1. The number of β-amino-alcohol motifs (C(OH)–C–C–N with tert-alkyl or cyclic N) is 1. The van der Waals surface area contributed by atoms with Crippen molar-refractivity contribution in [2.75, 3.05) is 6.54 Å². The van der Waals surface area contributed by atoms with Gasteiger partial charge in [0, 0.05) is 25.7 Å². The van der Waals surface area contributed by atoms with Gasteiger partial charge in [0.2, 0.25) is 11.8 Å². The molecule has 0 saturated carbocycles. The average molecular weight is 481 g/mol. The number of aromatic nitrogens is 4. The third-order valence-corrected chi connectivity index (χ3v) is 6.98. The van der Waals surface area contributed by atoms with Crippen molar-refractivity contribution in [3.05, 3.63) is 59.3 Å². The maximum absolute atomic E-state index is 13.4. The number of hydrogen-bond acceptors (Lipinski definition) is 8. The lowest BCUT2D eigenvalue weighted by molar-refractivity contribution is -0.140. The number of aliphatic hydroxyl groups is 1. The van der Waals surface area contributed by atoms with E-state index in [9.17, 15) is 14.7 Å². The number of rotatable bonds is 7. The topological polar surface area (TPSA) is 121 Å². The summed E-state index contributed by atoms with van der Waals surface area (Å²) in [5, 5.41) is 21.0. The van der Waals surface area contributed by atoms with Gasteiger partial charge in [0.05, 0.1) is 28.4 Å². The molecule has 10 heteroatoms. The second-order valence-electron chi connectivity index (χ2n) is 8.80. The molecule has 1 aromatic carbocycles. The number of aliphatic hydroxyl groups excluding tert-OH is 1. The van der Waals surface area contributed by atoms with Crippen molar-refractivity contribution in [1.82, 2.24) is 30.4 Å². The van der Waals surface area contributed by atoms with Crippen LogP contribution in [0.3, 0.4) is 0 Å². The number of nitrogens with zero attached hydrogens (tertiary/aromatic N) is 5. The lowest BCUT2D eigenvalue weighted by Crippen LogP contribution is -2.48. The van der Waals surface area contributed by atoms with Gasteiger partial charge >= 0.3 is 0 Å². The number of nitrogens with one attached hydrogen (secondary N) is 1. The highest BCUT2D eigenvalue weighted by Gasteiger charge is 2.42. The van der Waals surface area contributed by atoms with E-state index in [-0.39, 0.29) is 30.7 Å². The van der Waals surface area contributed by atoms with Gasteiger partial charge in [-0.25, -0.2) is 9.97 Å². The van der Waals surface area contributed by atoms with E-state index in [4.69, 9.17) is 0 Å². The van der Waals surface area contributed by atoms with Crippen molar-refractivity contribution in [2.45, 2.75) is 51.8 Å². The van der Waals surface area contributed by atoms with Crippen LogP contribution in [-0.2, 0) is 16.1 Å². The summed E-state index contributed by atoms with van der Waals surface area (Å²) in [6, 6.07) is 7.21. The monoisotopic (exact) mass is 480 g/mol.